The van der Waals surface area contributed by atoms with Crippen molar-refractivity contribution in [2.45, 2.75) is 19.8 Å². The summed E-state index contributed by atoms with van der Waals surface area (Å²) in [6, 6.07) is 13.4. The van der Waals surface area contributed by atoms with Crippen LogP contribution >= 0.6 is 0 Å². The summed E-state index contributed by atoms with van der Waals surface area (Å²) in [6.07, 6.45) is 5.53. The lowest BCUT2D eigenvalue weighted by Gasteiger charge is -2.08. The molecule has 5 heteroatoms. The minimum Gasteiger partial charge on any atom is -0.477 e. The zero-order valence-electron chi connectivity index (χ0n) is 13.5. The first-order chi connectivity index (χ1) is 11.8. The summed E-state index contributed by atoms with van der Waals surface area (Å²) in [7, 11) is 0. The lowest BCUT2D eigenvalue weighted by atomic mass is 10.1. The van der Waals surface area contributed by atoms with Gasteiger partial charge >= 0.3 is 0 Å². The minimum absolute atomic E-state index is 0.581. The van der Waals surface area contributed by atoms with Crippen LogP contribution in [0.5, 0.6) is 5.88 Å². The van der Waals surface area contributed by atoms with Gasteiger partial charge in [-0.15, -0.1) is 0 Å². The summed E-state index contributed by atoms with van der Waals surface area (Å²) in [5.74, 6) is 1.28. The summed E-state index contributed by atoms with van der Waals surface area (Å²) in [6.45, 7) is 2.76. The third-order valence-corrected chi connectivity index (χ3v) is 3.64. The van der Waals surface area contributed by atoms with Gasteiger partial charge in [0.15, 0.2) is 0 Å². The van der Waals surface area contributed by atoms with E-state index in [-0.39, 0.29) is 0 Å². The molecule has 1 N–H and O–H groups in total. The molecule has 120 valence electrons. The number of unbranched alkanes of at least 4 members (excludes halogenated alkanes) is 1. The molecule has 0 spiro atoms. The number of pyridine rings is 1. The van der Waals surface area contributed by atoms with Gasteiger partial charge in [0, 0.05) is 11.8 Å². The SMILES string of the molecule is CCCCOc1ncccc1-c1ncc(-c2cccc(C#N)c2)[nH]1. The van der Waals surface area contributed by atoms with Crippen molar-refractivity contribution in [1.82, 2.24) is 15.0 Å². The number of ether oxygens (including phenoxy) is 1. The Bertz CT molecular complexity index is 864. The van der Waals surface area contributed by atoms with E-state index >= 15 is 0 Å². The monoisotopic (exact) mass is 318 g/mol. The molecule has 2 heterocycles. The van der Waals surface area contributed by atoms with E-state index in [1.54, 1.807) is 18.5 Å². The number of H-pyrrole nitrogens is 1. The van der Waals surface area contributed by atoms with Gasteiger partial charge in [-0.3, -0.25) is 0 Å². The van der Waals surface area contributed by atoms with Crippen LogP contribution in [0, 0.1) is 11.3 Å². The Kier molecular flexibility index (Phi) is 4.87. The van der Waals surface area contributed by atoms with E-state index in [2.05, 4.69) is 27.9 Å². The predicted molar refractivity (Wildman–Crippen MR) is 92.4 cm³/mol. The van der Waals surface area contributed by atoms with Crippen molar-refractivity contribution in [1.29, 1.82) is 5.26 Å². The first-order valence-corrected chi connectivity index (χ1v) is 7.95. The Hall–Kier alpha value is -3.13. The van der Waals surface area contributed by atoms with Gasteiger partial charge in [0.25, 0.3) is 0 Å². The fourth-order valence-electron chi connectivity index (χ4n) is 2.36. The fraction of sp³-hybridized carbons (Fsp3) is 0.211. The first-order valence-electron chi connectivity index (χ1n) is 7.95. The number of imidazole rings is 1. The molecular formula is C19H18N4O. The second kappa shape index (κ2) is 7.42. The normalized spacial score (nSPS) is 10.3. The molecule has 0 aliphatic rings. The van der Waals surface area contributed by atoms with E-state index in [0.717, 1.165) is 29.7 Å². The van der Waals surface area contributed by atoms with Gasteiger partial charge in [-0.2, -0.15) is 5.26 Å². The third-order valence-electron chi connectivity index (χ3n) is 3.64. The molecule has 0 saturated carbocycles. The molecule has 0 unspecified atom stereocenters. The fourth-order valence-corrected chi connectivity index (χ4v) is 2.36. The Morgan fingerprint density at radius 2 is 2.12 bits per heavy atom. The Balaban J connectivity index is 1.89. The molecule has 0 aliphatic carbocycles. The van der Waals surface area contributed by atoms with Gasteiger partial charge in [-0.05, 0) is 30.7 Å². The van der Waals surface area contributed by atoms with Crippen molar-refractivity contribution in [3.05, 3.63) is 54.4 Å². The quantitative estimate of drug-likeness (QED) is 0.692. The zero-order valence-corrected chi connectivity index (χ0v) is 13.5. The molecule has 24 heavy (non-hydrogen) atoms. The maximum absolute atomic E-state index is 9.03. The number of hydrogen-bond acceptors (Lipinski definition) is 4. The highest BCUT2D eigenvalue weighted by Crippen LogP contribution is 2.28. The topological polar surface area (TPSA) is 74.6 Å². The highest BCUT2D eigenvalue weighted by molar-refractivity contribution is 5.67. The highest BCUT2D eigenvalue weighted by atomic mass is 16.5. The predicted octanol–water partition coefficient (Wildman–Crippen LogP) is 4.19. The molecule has 2 aromatic heterocycles. The molecule has 0 fully saturated rings. The molecule has 0 amide bonds. The maximum Gasteiger partial charge on any atom is 0.224 e. The van der Waals surface area contributed by atoms with Crippen LogP contribution in [0.3, 0.4) is 0 Å². The second-order valence-electron chi connectivity index (χ2n) is 5.40. The molecule has 0 atom stereocenters. The van der Waals surface area contributed by atoms with Crippen LogP contribution in [-0.2, 0) is 0 Å². The van der Waals surface area contributed by atoms with E-state index in [1.165, 1.54) is 0 Å². The molecule has 1 aromatic carbocycles. The van der Waals surface area contributed by atoms with Crippen molar-refractivity contribution in [3.63, 3.8) is 0 Å². The van der Waals surface area contributed by atoms with Gasteiger partial charge in [0.05, 0.1) is 35.7 Å². The van der Waals surface area contributed by atoms with E-state index < -0.39 is 0 Å². The van der Waals surface area contributed by atoms with E-state index in [1.807, 2.05) is 30.3 Å². The Morgan fingerprint density at radius 3 is 2.96 bits per heavy atom. The summed E-state index contributed by atoms with van der Waals surface area (Å²) < 4.78 is 5.77. The Morgan fingerprint density at radius 1 is 1.21 bits per heavy atom. The van der Waals surface area contributed by atoms with Crippen LogP contribution in [0.25, 0.3) is 22.6 Å². The van der Waals surface area contributed by atoms with Crippen LogP contribution in [0.4, 0.5) is 0 Å². The third kappa shape index (κ3) is 3.44. The number of hydrogen-bond donors (Lipinski definition) is 1. The molecule has 5 nitrogen and oxygen atoms in total. The van der Waals surface area contributed by atoms with Crippen LogP contribution < -0.4 is 4.74 Å². The average molecular weight is 318 g/mol. The molecule has 3 aromatic rings. The van der Waals surface area contributed by atoms with Crippen LogP contribution in [0.2, 0.25) is 0 Å². The minimum atomic E-state index is 0.581. The van der Waals surface area contributed by atoms with Gasteiger partial charge in [0.2, 0.25) is 5.88 Å². The highest BCUT2D eigenvalue weighted by Gasteiger charge is 2.12. The number of nitriles is 1. The number of nitrogens with zero attached hydrogens (tertiary/aromatic N) is 3. The standard InChI is InChI=1S/C19H18N4O/c1-2-3-10-24-19-16(8-5-9-21-19)18-22-13-17(23-18)15-7-4-6-14(11-15)12-20/h4-9,11,13H,2-3,10H2,1H3,(H,22,23). The van der Waals surface area contributed by atoms with Gasteiger partial charge < -0.3 is 9.72 Å². The summed E-state index contributed by atoms with van der Waals surface area (Å²) in [5.41, 5.74) is 3.22. The number of aromatic amines is 1. The lowest BCUT2D eigenvalue weighted by molar-refractivity contribution is 0.299. The molecular weight excluding hydrogens is 300 g/mol. The van der Waals surface area contributed by atoms with Crippen LogP contribution in [-0.4, -0.2) is 21.6 Å². The summed E-state index contributed by atoms with van der Waals surface area (Å²) in [4.78, 5) is 12.0. The van der Waals surface area contributed by atoms with Crippen molar-refractivity contribution < 1.29 is 4.74 Å². The van der Waals surface area contributed by atoms with Gasteiger partial charge in [-0.1, -0.05) is 25.5 Å². The van der Waals surface area contributed by atoms with Crippen molar-refractivity contribution in [2.24, 2.45) is 0 Å². The van der Waals surface area contributed by atoms with Gasteiger partial charge in [0.1, 0.15) is 5.82 Å². The Labute approximate surface area is 141 Å². The molecule has 0 bridgehead atoms. The first kappa shape index (κ1) is 15.8. The number of nitrogens with one attached hydrogen (secondary N) is 1. The smallest absolute Gasteiger partial charge is 0.224 e. The number of benzene rings is 1. The van der Waals surface area contributed by atoms with Crippen LogP contribution in [0.1, 0.15) is 25.3 Å². The maximum atomic E-state index is 9.03. The molecule has 3 rings (SSSR count). The van der Waals surface area contributed by atoms with Crippen molar-refractivity contribution in [2.75, 3.05) is 6.61 Å². The molecule has 0 radical (unpaired) electrons. The summed E-state index contributed by atoms with van der Waals surface area (Å²) in [5, 5.41) is 9.03. The van der Waals surface area contributed by atoms with Crippen LogP contribution in [0.15, 0.2) is 48.8 Å². The molecule has 0 saturated heterocycles. The van der Waals surface area contributed by atoms with Crippen molar-refractivity contribution in [3.8, 4) is 34.6 Å². The zero-order chi connectivity index (χ0) is 16.8. The second-order valence-corrected chi connectivity index (χ2v) is 5.40. The largest absolute Gasteiger partial charge is 0.477 e. The van der Waals surface area contributed by atoms with E-state index in [9.17, 15) is 0 Å². The number of rotatable bonds is 6. The lowest BCUT2D eigenvalue weighted by Crippen LogP contribution is -2.00. The molecule has 0 aliphatic heterocycles. The average Bonchev–Trinajstić information content (AvgIpc) is 3.12. The van der Waals surface area contributed by atoms with Gasteiger partial charge in [-0.25, -0.2) is 9.97 Å². The summed E-state index contributed by atoms with van der Waals surface area (Å²) >= 11 is 0. The van der Waals surface area contributed by atoms with E-state index in [4.69, 9.17) is 10.00 Å². The van der Waals surface area contributed by atoms with E-state index in [0.29, 0.717) is 23.9 Å². The number of aromatic nitrogens is 3. The van der Waals surface area contributed by atoms with Crippen molar-refractivity contribution >= 4 is 0 Å².